The van der Waals surface area contributed by atoms with Gasteiger partial charge in [-0.25, -0.2) is 0 Å². The highest BCUT2D eigenvalue weighted by molar-refractivity contribution is 5.91. The van der Waals surface area contributed by atoms with Gasteiger partial charge in [0.15, 0.2) is 0 Å². The molecule has 0 atom stereocenters. The quantitative estimate of drug-likeness (QED) is 0.163. The van der Waals surface area contributed by atoms with Gasteiger partial charge < -0.3 is 36.6 Å². The number of hydrogen-bond donors (Lipinski definition) is 5. The largest absolute Gasteiger partial charge is 0.468 e. The highest BCUT2D eigenvalue weighted by Gasteiger charge is 2.21. The van der Waals surface area contributed by atoms with E-state index in [1.165, 1.54) is 0 Å². The van der Waals surface area contributed by atoms with Gasteiger partial charge in [-0.05, 0) is 5.92 Å². The number of nitrogens with zero attached hydrogens (tertiary/aromatic N) is 1. The third kappa shape index (κ3) is 13.2. The Balaban J connectivity index is 4.48. The van der Waals surface area contributed by atoms with Gasteiger partial charge in [-0.2, -0.15) is 0 Å². The minimum absolute atomic E-state index is 0.121. The Hall–Kier alpha value is -3.15. The molecule has 12 nitrogen and oxygen atoms in total. The first kappa shape index (κ1) is 28.9. The summed E-state index contributed by atoms with van der Waals surface area (Å²) in [7, 11) is 1.16. The van der Waals surface area contributed by atoms with E-state index >= 15 is 0 Å². The number of rotatable bonds is 16. The van der Waals surface area contributed by atoms with E-state index in [2.05, 4.69) is 32.6 Å². The molecule has 0 unspecified atom stereocenters. The number of hydrogen-bond acceptors (Lipinski definition) is 8. The molecule has 0 aliphatic carbocycles. The SMILES string of the molecule is C=C(CN)NCC(=O)N(CC(=O)NCC(=O)NCC(=O)NCC(CC)CC)CC(=O)OC. The molecule has 4 amide bonds. The highest BCUT2D eigenvalue weighted by Crippen LogP contribution is 2.04. The van der Waals surface area contributed by atoms with Crippen molar-refractivity contribution < 1.29 is 28.7 Å². The topological polar surface area (TPSA) is 172 Å². The summed E-state index contributed by atoms with van der Waals surface area (Å²) in [5, 5.41) is 10.2. The van der Waals surface area contributed by atoms with E-state index in [0.29, 0.717) is 18.2 Å². The van der Waals surface area contributed by atoms with Gasteiger partial charge in [0.05, 0.1) is 26.7 Å². The third-order valence-electron chi connectivity index (χ3n) is 4.61. The number of amides is 4. The zero-order valence-corrected chi connectivity index (χ0v) is 19.1. The molecule has 6 N–H and O–H groups in total. The summed E-state index contributed by atoms with van der Waals surface area (Å²) in [5.74, 6) is -2.43. The van der Waals surface area contributed by atoms with Gasteiger partial charge in [-0.3, -0.25) is 24.0 Å². The lowest BCUT2D eigenvalue weighted by Gasteiger charge is -2.21. The Kier molecular flexibility index (Phi) is 14.9. The van der Waals surface area contributed by atoms with Crippen LogP contribution in [0, 0.1) is 5.92 Å². The Morgan fingerprint density at radius 2 is 1.44 bits per heavy atom. The van der Waals surface area contributed by atoms with Crippen molar-refractivity contribution in [1.82, 2.24) is 26.2 Å². The average Bonchev–Trinajstić information content (AvgIpc) is 2.79. The molecule has 0 rings (SSSR count). The van der Waals surface area contributed by atoms with Crippen molar-refractivity contribution in [3.8, 4) is 0 Å². The van der Waals surface area contributed by atoms with Crippen LogP contribution in [0.25, 0.3) is 0 Å². The molecule has 0 heterocycles. The van der Waals surface area contributed by atoms with Crippen LogP contribution < -0.4 is 27.0 Å². The number of carbonyl (C=O) groups is 5. The lowest BCUT2D eigenvalue weighted by molar-refractivity contribution is -0.147. The Morgan fingerprint density at radius 3 is 1.97 bits per heavy atom. The number of methoxy groups -OCH3 is 1. The van der Waals surface area contributed by atoms with Crippen molar-refractivity contribution in [2.24, 2.45) is 11.7 Å². The fourth-order valence-corrected chi connectivity index (χ4v) is 2.38. The Bertz CT molecular complexity index is 665. The summed E-state index contributed by atoms with van der Waals surface area (Å²) < 4.78 is 4.54. The van der Waals surface area contributed by atoms with Crippen LogP contribution in [0.3, 0.4) is 0 Å². The number of nitrogens with two attached hydrogens (primary N) is 1. The van der Waals surface area contributed by atoms with Gasteiger partial charge in [-0.1, -0.05) is 33.3 Å². The van der Waals surface area contributed by atoms with Gasteiger partial charge >= 0.3 is 5.97 Å². The first-order valence-electron chi connectivity index (χ1n) is 10.4. The summed E-state index contributed by atoms with van der Waals surface area (Å²) in [4.78, 5) is 60.6. The van der Waals surface area contributed by atoms with Crippen LogP contribution in [0.5, 0.6) is 0 Å². The van der Waals surface area contributed by atoms with Crippen LogP contribution in [0.1, 0.15) is 26.7 Å². The van der Waals surface area contributed by atoms with E-state index in [4.69, 9.17) is 5.73 Å². The molecule has 0 aromatic carbocycles. The van der Waals surface area contributed by atoms with E-state index in [9.17, 15) is 24.0 Å². The van der Waals surface area contributed by atoms with Crippen LogP contribution in [0.15, 0.2) is 12.3 Å². The first-order chi connectivity index (χ1) is 15.2. The van der Waals surface area contributed by atoms with Crippen molar-refractivity contribution in [2.75, 3.05) is 52.9 Å². The molecule has 0 aliphatic heterocycles. The molecule has 0 aromatic rings. The fraction of sp³-hybridized carbons (Fsp3) is 0.650. The van der Waals surface area contributed by atoms with Gasteiger partial charge in [-0.15, -0.1) is 0 Å². The van der Waals surface area contributed by atoms with E-state index in [1.807, 2.05) is 13.8 Å². The summed E-state index contributed by atoms with van der Waals surface area (Å²) in [5.41, 5.74) is 5.80. The Morgan fingerprint density at radius 1 is 0.875 bits per heavy atom. The smallest absolute Gasteiger partial charge is 0.325 e. The monoisotopic (exact) mass is 456 g/mol. The summed E-state index contributed by atoms with van der Waals surface area (Å²) in [6.07, 6.45) is 1.89. The minimum atomic E-state index is -0.707. The maximum absolute atomic E-state index is 12.3. The maximum Gasteiger partial charge on any atom is 0.325 e. The zero-order valence-electron chi connectivity index (χ0n) is 19.1. The number of carbonyl (C=O) groups excluding carboxylic acids is 5. The average molecular weight is 457 g/mol. The molecule has 0 bridgehead atoms. The summed E-state index contributed by atoms with van der Waals surface area (Å²) in [6.45, 7) is 6.62. The predicted octanol–water partition coefficient (Wildman–Crippen LogP) is -2.17. The van der Waals surface area contributed by atoms with E-state index in [1.54, 1.807) is 0 Å². The molecule has 0 saturated heterocycles. The Labute approximate surface area is 188 Å². The predicted molar refractivity (Wildman–Crippen MR) is 118 cm³/mol. The molecule has 12 heteroatoms. The second-order valence-corrected chi connectivity index (χ2v) is 7.03. The van der Waals surface area contributed by atoms with Crippen molar-refractivity contribution in [3.05, 3.63) is 12.3 Å². The van der Waals surface area contributed by atoms with Crippen LogP contribution >= 0.6 is 0 Å². The first-order valence-corrected chi connectivity index (χ1v) is 10.4. The van der Waals surface area contributed by atoms with Gasteiger partial charge in [0.1, 0.15) is 13.1 Å². The van der Waals surface area contributed by atoms with Gasteiger partial charge in [0.25, 0.3) is 0 Å². The number of ether oxygens (including phenoxy) is 1. The molecular weight excluding hydrogens is 420 g/mol. The van der Waals surface area contributed by atoms with Crippen molar-refractivity contribution in [2.45, 2.75) is 26.7 Å². The molecule has 0 fully saturated rings. The normalized spacial score (nSPS) is 10.2. The number of nitrogens with one attached hydrogen (secondary N) is 4. The van der Waals surface area contributed by atoms with Crippen LogP contribution in [0.4, 0.5) is 0 Å². The molecule has 182 valence electrons. The summed E-state index contributed by atoms with van der Waals surface area (Å²) in [6, 6.07) is 0. The molecule has 0 saturated carbocycles. The minimum Gasteiger partial charge on any atom is -0.468 e. The standard InChI is InChI=1S/C20H36N6O6/c1-5-15(6-2)8-23-16(27)9-24-17(28)10-25-18(29)12-26(13-20(31)32-4)19(30)11-22-14(3)7-21/h15,22H,3,5-13,21H2,1-2,4H3,(H,23,27)(H,24,28)(H,25,29). The van der Waals surface area contributed by atoms with Crippen molar-refractivity contribution in [3.63, 3.8) is 0 Å². The summed E-state index contributed by atoms with van der Waals surface area (Å²) >= 11 is 0. The third-order valence-corrected chi connectivity index (χ3v) is 4.61. The maximum atomic E-state index is 12.3. The highest BCUT2D eigenvalue weighted by atomic mass is 16.5. The second kappa shape index (κ2) is 16.5. The fourth-order valence-electron chi connectivity index (χ4n) is 2.38. The molecular formula is C20H36N6O6. The molecule has 0 spiro atoms. The zero-order chi connectivity index (χ0) is 24.5. The van der Waals surface area contributed by atoms with Gasteiger partial charge in [0, 0.05) is 18.8 Å². The number of esters is 1. The van der Waals surface area contributed by atoms with E-state index in [-0.39, 0.29) is 32.1 Å². The van der Waals surface area contributed by atoms with E-state index in [0.717, 1.165) is 24.9 Å². The van der Waals surface area contributed by atoms with Crippen molar-refractivity contribution in [1.29, 1.82) is 0 Å². The van der Waals surface area contributed by atoms with Gasteiger partial charge in [0.2, 0.25) is 23.6 Å². The molecule has 0 aliphatic rings. The lowest BCUT2D eigenvalue weighted by Crippen LogP contribution is -2.48. The molecule has 0 radical (unpaired) electrons. The van der Waals surface area contributed by atoms with Crippen molar-refractivity contribution >= 4 is 29.6 Å². The molecule has 0 aromatic heterocycles. The van der Waals surface area contributed by atoms with Crippen LogP contribution in [-0.2, 0) is 28.7 Å². The second-order valence-electron chi connectivity index (χ2n) is 7.03. The van der Waals surface area contributed by atoms with Crippen LogP contribution in [0.2, 0.25) is 0 Å². The lowest BCUT2D eigenvalue weighted by atomic mass is 10.0. The van der Waals surface area contributed by atoms with E-state index < -0.39 is 36.8 Å². The van der Waals surface area contributed by atoms with Crippen LogP contribution in [-0.4, -0.2) is 87.4 Å². The molecule has 32 heavy (non-hydrogen) atoms.